The molecule has 1 N–H and O–H groups in total. The monoisotopic (exact) mass is 405 g/mol. The zero-order valence-corrected chi connectivity index (χ0v) is 16.6. The van der Waals surface area contributed by atoms with E-state index >= 15 is 0 Å². The van der Waals surface area contributed by atoms with Gasteiger partial charge in [-0.25, -0.2) is 13.2 Å². The lowest BCUT2D eigenvalue weighted by Crippen LogP contribution is -2.42. The van der Waals surface area contributed by atoms with Crippen LogP contribution in [-0.2, 0) is 24.2 Å². The van der Waals surface area contributed by atoms with E-state index in [-0.39, 0.29) is 31.6 Å². The van der Waals surface area contributed by atoms with Gasteiger partial charge < -0.3 is 14.2 Å². The van der Waals surface area contributed by atoms with Crippen LogP contribution in [0.25, 0.3) is 0 Å². The first-order valence-electron chi connectivity index (χ1n) is 8.78. The lowest BCUT2D eigenvalue weighted by atomic mass is 10.3. The Morgan fingerprint density at radius 2 is 2.00 bits per heavy atom. The average molecular weight is 405 g/mol. The summed E-state index contributed by atoms with van der Waals surface area (Å²) in [7, 11) is -1.84. The average Bonchev–Trinajstić information content (AvgIpc) is 2.90. The van der Waals surface area contributed by atoms with Crippen LogP contribution in [0.5, 0.6) is 0 Å². The smallest absolute Gasteiger partial charge is 0.330 e. The molecule has 0 saturated carbocycles. The van der Waals surface area contributed by atoms with Crippen molar-refractivity contribution < 1.29 is 22.6 Å². The van der Waals surface area contributed by atoms with E-state index in [4.69, 9.17) is 14.2 Å². The van der Waals surface area contributed by atoms with E-state index in [9.17, 15) is 18.0 Å². The van der Waals surface area contributed by atoms with Crippen LogP contribution in [0.3, 0.4) is 0 Å². The molecule has 2 rings (SSSR count). The van der Waals surface area contributed by atoms with E-state index in [0.717, 1.165) is 0 Å². The third kappa shape index (κ3) is 6.25. The molecule has 10 nitrogen and oxygen atoms in total. The standard InChI is InChI=1S/C16H27N3O7S/c1-12(2)25-10-13(9-18-6-4-8-27(18,22)23)26-15(11-24-3)19-7-5-14(20)17-16(19)21/h5,7,12-13,15H,4,6,8-11H2,1-3H3,(H,17,20,21)/t13?,15-/m1/s1. The Bertz CT molecular complexity index is 818. The molecule has 0 radical (unpaired) electrons. The summed E-state index contributed by atoms with van der Waals surface area (Å²) in [6, 6.07) is 1.21. The molecule has 1 aromatic heterocycles. The fourth-order valence-electron chi connectivity index (χ4n) is 2.76. The molecule has 1 aliphatic rings. The maximum absolute atomic E-state index is 12.1. The van der Waals surface area contributed by atoms with Crippen LogP contribution in [0.1, 0.15) is 26.5 Å². The second-order valence-corrected chi connectivity index (χ2v) is 8.68. The van der Waals surface area contributed by atoms with Crippen LogP contribution in [0.15, 0.2) is 21.9 Å². The van der Waals surface area contributed by atoms with Crippen LogP contribution in [0, 0.1) is 0 Å². The van der Waals surface area contributed by atoms with Gasteiger partial charge in [-0.3, -0.25) is 14.3 Å². The highest BCUT2D eigenvalue weighted by molar-refractivity contribution is 7.89. The number of nitrogens with zero attached hydrogens (tertiary/aromatic N) is 2. The maximum atomic E-state index is 12.1. The van der Waals surface area contributed by atoms with Gasteiger partial charge in [0.1, 0.15) is 0 Å². The van der Waals surface area contributed by atoms with Gasteiger partial charge >= 0.3 is 5.69 Å². The Kier molecular flexibility index (Phi) is 7.74. The van der Waals surface area contributed by atoms with Crippen LogP contribution in [-0.4, -0.2) is 73.6 Å². The summed E-state index contributed by atoms with van der Waals surface area (Å²) in [6.07, 6.45) is 0.367. The van der Waals surface area contributed by atoms with Crippen molar-refractivity contribution >= 4 is 10.0 Å². The Morgan fingerprint density at radius 3 is 2.56 bits per heavy atom. The number of aromatic amines is 1. The van der Waals surface area contributed by atoms with Gasteiger partial charge in [-0.05, 0) is 20.3 Å². The van der Waals surface area contributed by atoms with Gasteiger partial charge in [-0.2, -0.15) is 4.31 Å². The number of rotatable bonds is 10. The molecule has 1 aliphatic heterocycles. The summed E-state index contributed by atoms with van der Waals surface area (Å²) in [4.78, 5) is 25.5. The van der Waals surface area contributed by atoms with E-state index in [1.807, 2.05) is 13.8 Å². The van der Waals surface area contributed by atoms with E-state index in [2.05, 4.69) is 4.98 Å². The second-order valence-electron chi connectivity index (χ2n) is 6.60. The number of hydrogen-bond donors (Lipinski definition) is 1. The Morgan fingerprint density at radius 1 is 1.26 bits per heavy atom. The highest BCUT2D eigenvalue weighted by Gasteiger charge is 2.32. The normalized spacial score (nSPS) is 19.4. The maximum Gasteiger partial charge on any atom is 0.330 e. The van der Waals surface area contributed by atoms with Crippen molar-refractivity contribution in [1.29, 1.82) is 0 Å². The summed E-state index contributed by atoms with van der Waals surface area (Å²) in [5.74, 6) is 0.117. The van der Waals surface area contributed by atoms with Crippen LogP contribution >= 0.6 is 0 Å². The first kappa shape index (κ1) is 21.8. The number of H-pyrrole nitrogens is 1. The predicted molar refractivity (Wildman–Crippen MR) is 98.2 cm³/mol. The lowest BCUT2D eigenvalue weighted by molar-refractivity contribution is -0.122. The van der Waals surface area contributed by atoms with Gasteiger partial charge in [0.2, 0.25) is 10.0 Å². The van der Waals surface area contributed by atoms with Crippen molar-refractivity contribution in [3.8, 4) is 0 Å². The van der Waals surface area contributed by atoms with Gasteiger partial charge in [0.15, 0.2) is 6.23 Å². The minimum atomic E-state index is -3.30. The van der Waals surface area contributed by atoms with Crippen molar-refractivity contribution in [2.24, 2.45) is 0 Å². The molecule has 0 amide bonds. The van der Waals surface area contributed by atoms with Crippen molar-refractivity contribution in [3.05, 3.63) is 33.1 Å². The Balaban J connectivity index is 2.21. The minimum Gasteiger partial charge on any atom is -0.380 e. The molecule has 2 atom stereocenters. The first-order chi connectivity index (χ1) is 12.7. The Hall–Kier alpha value is -1.53. The summed E-state index contributed by atoms with van der Waals surface area (Å²) in [6.45, 7) is 4.47. The number of methoxy groups -OCH3 is 1. The molecule has 1 saturated heterocycles. The molecule has 0 aromatic carbocycles. The van der Waals surface area contributed by atoms with Gasteiger partial charge in [0, 0.05) is 32.5 Å². The zero-order chi connectivity index (χ0) is 20.0. The van der Waals surface area contributed by atoms with Crippen LogP contribution in [0.2, 0.25) is 0 Å². The molecule has 0 bridgehead atoms. The molecule has 1 unspecified atom stereocenters. The number of ether oxygens (including phenoxy) is 3. The van der Waals surface area contributed by atoms with Crippen LogP contribution in [0.4, 0.5) is 0 Å². The van der Waals surface area contributed by atoms with Gasteiger partial charge in [0.25, 0.3) is 5.56 Å². The molecule has 2 heterocycles. The quantitative estimate of drug-likeness (QED) is 0.559. The number of nitrogens with one attached hydrogen (secondary N) is 1. The molecular weight excluding hydrogens is 378 g/mol. The highest BCUT2D eigenvalue weighted by Crippen LogP contribution is 2.18. The number of sulfonamides is 1. The third-order valence-electron chi connectivity index (χ3n) is 4.05. The third-order valence-corrected chi connectivity index (χ3v) is 5.97. The van der Waals surface area contributed by atoms with Gasteiger partial charge in [-0.1, -0.05) is 0 Å². The Labute approximate surface area is 158 Å². The van der Waals surface area contributed by atoms with E-state index in [1.165, 1.54) is 28.2 Å². The molecule has 154 valence electrons. The fourth-order valence-corrected chi connectivity index (χ4v) is 4.31. The number of hydrogen-bond acceptors (Lipinski definition) is 7. The number of aromatic nitrogens is 2. The van der Waals surface area contributed by atoms with Crippen molar-refractivity contribution in [2.75, 3.05) is 39.2 Å². The lowest BCUT2D eigenvalue weighted by Gasteiger charge is -2.28. The topological polar surface area (TPSA) is 120 Å². The zero-order valence-electron chi connectivity index (χ0n) is 15.8. The molecule has 1 aromatic rings. The first-order valence-corrected chi connectivity index (χ1v) is 10.4. The van der Waals surface area contributed by atoms with E-state index in [1.54, 1.807) is 0 Å². The van der Waals surface area contributed by atoms with Crippen LogP contribution < -0.4 is 11.2 Å². The van der Waals surface area contributed by atoms with Gasteiger partial charge in [-0.15, -0.1) is 0 Å². The SMILES string of the molecule is COC[C@@H](OC(COC(C)C)CN1CCCS1(=O)=O)n1ccc(=O)[nH]c1=O. The van der Waals surface area contributed by atoms with Crippen molar-refractivity contribution in [2.45, 2.75) is 38.7 Å². The van der Waals surface area contributed by atoms with Crippen molar-refractivity contribution in [1.82, 2.24) is 13.9 Å². The molecule has 11 heteroatoms. The van der Waals surface area contributed by atoms with Crippen molar-refractivity contribution in [3.63, 3.8) is 0 Å². The molecular formula is C16H27N3O7S. The fraction of sp³-hybridized carbons (Fsp3) is 0.750. The molecule has 27 heavy (non-hydrogen) atoms. The highest BCUT2D eigenvalue weighted by atomic mass is 32.2. The summed E-state index contributed by atoms with van der Waals surface area (Å²) in [5, 5.41) is 0. The van der Waals surface area contributed by atoms with Gasteiger partial charge in [0.05, 0.1) is 31.2 Å². The molecule has 1 fully saturated rings. The summed E-state index contributed by atoms with van der Waals surface area (Å²) in [5.41, 5.74) is -1.16. The predicted octanol–water partition coefficient (Wildman–Crippen LogP) is -0.473. The van der Waals surface area contributed by atoms with E-state index < -0.39 is 33.6 Å². The summed E-state index contributed by atoms with van der Waals surface area (Å²) < 4.78 is 43.5. The molecule has 0 aliphatic carbocycles. The second kappa shape index (κ2) is 9.60. The largest absolute Gasteiger partial charge is 0.380 e. The molecule has 0 spiro atoms. The minimum absolute atomic E-state index is 0.0386. The summed E-state index contributed by atoms with van der Waals surface area (Å²) >= 11 is 0. The van der Waals surface area contributed by atoms with E-state index in [0.29, 0.717) is 13.0 Å².